The number of nitrogens with one attached hydrogen (secondary N) is 1. The number of anilines is 1. The van der Waals surface area contributed by atoms with E-state index in [2.05, 4.69) is 22.4 Å². The second-order valence-electron chi connectivity index (χ2n) is 5.71. The van der Waals surface area contributed by atoms with Crippen molar-refractivity contribution in [3.63, 3.8) is 0 Å². The first-order chi connectivity index (χ1) is 11.1. The highest BCUT2D eigenvalue weighted by Gasteiger charge is 2.22. The first-order valence-electron chi connectivity index (χ1n) is 7.67. The van der Waals surface area contributed by atoms with Gasteiger partial charge in [-0.05, 0) is 31.3 Å². The number of nitrogens with zero attached hydrogens (tertiary/aromatic N) is 2. The molecule has 1 fully saturated rings. The Morgan fingerprint density at radius 3 is 2.17 bits per heavy atom. The van der Waals surface area contributed by atoms with Crippen molar-refractivity contribution in [1.82, 2.24) is 9.91 Å². The standard InChI is InChI=1S/C17H21N3O2S/c1-19-11-13-20(14-12-19)18-16-9-5-6-10-17(16)23(21,22)15-7-3-2-4-8-15/h2-10,18H,11-14H2,1H3. The highest BCUT2D eigenvalue weighted by molar-refractivity contribution is 7.91. The minimum Gasteiger partial charge on any atom is -0.317 e. The van der Waals surface area contributed by atoms with Crippen LogP contribution in [-0.4, -0.2) is 51.6 Å². The van der Waals surface area contributed by atoms with E-state index in [1.54, 1.807) is 36.4 Å². The first kappa shape index (κ1) is 16.0. The SMILES string of the molecule is CN1CCN(Nc2ccccc2S(=O)(=O)c2ccccc2)CC1. The molecule has 1 aliphatic rings. The summed E-state index contributed by atoms with van der Waals surface area (Å²) in [5, 5.41) is 2.07. The van der Waals surface area contributed by atoms with Crippen LogP contribution in [0.4, 0.5) is 5.69 Å². The fourth-order valence-corrected chi connectivity index (χ4v) is 4.04. The Kier molecular flexibility index (Phi) is 4.66. The molecule has 0 atom stereocenters. The Morgan fingerprint density at radius 2 is 1.48 bits per heavy atom. The molecule has 5 nitrogen and oxygen atoms in total. The van der Waals surface area contributed by atoms with Gasteiger partial charge in [-0.2, -0.15) is 0 Å². The molecule has 0 unspecified atom stereocenters. The van der Waals surface area contributed by atoms with Crippen molar-refractivity contribution in [1.29, 1.82) is 0 Å². The average molecular weight is 331 g/mol. The lowest BCUT2D eigenvalue weighted by Gasteiger charge is -2.33. The molecule has 0 aromatic heterocycles. The van der Waals surface area contributed by atoms with Crippen LogP contribution < -0.4 is 5.43 Å². The van der Waals surface area contributed by atoms with Crippen LogP contribution in [0.2, 0.25) is 0 Å². The number of hydrogen-bond acceptors (Lipinski definition) is 5. The Morgan fingerprint density at radius 1 is 0.870 bits per heavy atom. The number of piperazine rings is 1. The van der Waals surface area contributed by atoms with E-state index in [1.165, 1.54) is 0 Å². The van der Waals surface area contributed by atoms with Crippen LogP contribution >= 0.6 is 0 Å². The summed E-state index contributed by atoms with van der Waals surface area (Å²) in [6.45, 7) is 3.63. The zero-order valence-electron chi connectivity index (χ0n) is 13.1. The molecular formula is C17H21N3O2S. The highest BCUT2D eigenvalue weighted by atomic mass is 32.2. The van der Waals surface area contributed by atoms with Gasteiger partial charge in [-0.15, -0.1) is 0 Å². The maximum atomic E-state index is 12.9. The molecule has 122 valence electrons. The molecule has 6 heteroatoms. The molecule has 0 amide bonds. The Bertz CT molecular complexity index is 754. The van der Waals surface area contributed by atoms with Gasteiger partial charge in [0.25, 0.3) is 0 Å². The zero-order chi connectivity index (χ0) is 16.3. The second-order valence-corrected chi connectivity index (χ2v) is 7.63. The third-order valence-electron chi connectivity index (χ3n) is 4.01. The molecule has 0 saturated carbocycles. The molecule has 0 aliphatic carbocycles. The number of rotatable bonds is 4. The van der Waals surface area contributed by atoms with Crippen molar-refractivity contribution in [3.8, 4) is 0 Å². The van der Waals surface area contributed by atoms with Crippen molar-refractivity contribution in [3.05, 3.63) is 54.6 Å². The zero-order valence-corrected chi connectivity index (χ0v) is 14.0. The van der Waals surface area contributed by atoms with Crippen LogP contribution in [0.15, 0.2) is 64.4 Å². The number of para-hydroxylation sites is 1. The molecule has 1 saturated heterocycles. The van der Waals surface area contributed by atoms with E-state index < -0.39 is 9.84 Å². The van der Waals surface area contributed by atoms with Crippen molar-refractivity contribution >= 4 is 15.5 Å². The third-order valence-corrected chi connectivity index (χ3v) is 5.84. The van der Waals surface area contributed by atoms with Crippen molar-refractivity contribution in [2.45, 2.75) is 9.79 Å². The first-order valence-corrected chi connectivity index (χ1v) is 9.15. The predicted octanol–water partition coefficient (Wildman–Crippen LogP) is 2.09. The molecule has 23 heavy (non-hydrogen) atoms. The second kappa shape index (κ2) is 6.70. The van der Waals surface area contributed by atoms with E-state index in [-0.39, 0.29) is 0 Å². The van der Waals surface area contributed by atoms with E-state index in [0.29, 0.717) is 15.5 Å². The maximum absolute atomic E-state index is 12.9. The van der Waals surface area contributed by atoms with Crippen LogP contribution in [-0.2, 0) is 9.84 Å². The topological polar surface area (TPSA) is 52.6 Å². The van der Waals surface area contributed by atoms with Gasteiger partial charge < -0.3 is 10.3 Å². The van der Waals surface area contributed by atoms with Crippen LogP contribution in [0.3, 0.4) is 0 Å². The van der Waals surface area contributed by atoms with Crippen molar-refractivity contribution in [2.75, 3.05) is 38.7 Å². The van der Waals surface area contributed by atoms with Gasteiger partial charge in [0, 0.05) is 26.2 Å². The largest absolute Gasteiger partial charge is 0.317 e. The summed E-state index contributed by atoms with van der Waals surface area (Å²) in [6, 6.07) is 15.6. The number of sulfone groups is 1. The summed E-state index contributed by atoms with van der Waals surface area (Å²) in [5.41, 5.74) is 3.90. The molecule has 0 bridgehead atoms. The molecule has 0 spiro atoms. The lowest BCUT2D eigenvalue weighted by atomic mass is 10.3. The van der Waals surface area contributed by atoms with E-state index in [0.717, 1.165) is 26.2 Å². The summed E-state index contributed by atoms with van der Waals surface area (Å²) >= 11 is 0. The fourth-order valence-electron chi connectivity index (χ4n) is 2.61. The smallest absolute Gasteiger partial charge is 0.208 e. The Balaban J connectivity index is 1.89. The normalized spacial score (nSPS) is 17.1. The number of hydrogen-bond donors (Lipinski definition) is 1. The van der Waals surface area contributed by atoms with Gasteiger partial charge in [-0.1, -0.05) is 30.3 Å². The van der Waals surface area contributed by atoms with Crippen molar-refractivity contribution in [2.24, 2.45) is 0 Å². The lowest BCUT2D eigenvalue weighted by Crippen LogP contribution is -2.47. The van der Waals surface area contributed by atoms with Gasteiger partial charge in [0.2, 0.25) is 9.84 Å². The highest BCUT2D eigenvalue weighted by Crippen LogP contribution is 2.27. The molecule has 0 radical (unpaired) electrons. The molecular weight excluding hydrogens is 310 g/mol. The average Bonchev–Trinajstić information content (AvgIpc) is 2.58. The number of benzene rings is 2. The van der Waals surface area contributed by atoms with Crippen LogP contribution in [0.25, 0.3) is 0 Å². The summed E-state index contributed by atoms with van der Waals surface area (Å²) in [7, 11) is -1.44. The summed E-state index contributed by atoms with van der Waals surface area (Å²) in [5.74, 6) is 0. The molecule has 2 aromatic rings. The van der Waals surface area contributed by atoms with E-state index in [9.17, 15) is 8.42 Å². The molecule has 1 aliphatic heterocycles. The number of likely N-dealkylation sites (N-methyl/N-ethyl adjacent to an activating group) is 1. The molecule has 1 heterocycles. The summed E-state index contributed by atoms with van der Waals surface area (Å²) in [4.78, 5) is 2.88. The van der Waals surface area contributed by atoms with E-state index in [4.69, 9.17) is 0 Å². The Labute approximate surface area is 137 Å². The maximum Gasteiger partial charge on any atom is 0.208 e. The van der Waals surface area contributed by atoms with Crippen LogP contribution in [0, 0.1) is 0 Å². The van der Waals surface area contributed by atoms with Gasteiger partial charge in [-0.3, -0.25) is 0 Å². The van der Waals surface area contributed by atoms with Gasteiger partial charge in [0.05, 0.1) is 15.5 Å². The van der Waals surface area contributed by atoms with Crippen LogP contribution in [0.5, 0.6) is 0 Å². The fraction of sp³-hybridized carbons (Fsp3) is 0.294. The Hall–Kier alpha value is -1.89. The van der Waals surface area contributed by atoms with Gasteiger partial charge >= 0.3 is 0 Å². The van der Waals surface area contributed by atoms with Gasteiger partial charge in [0.1, 0.15) is 0 Å². The van der Waals surface area contributed by atoms with E-state index >= 15 is 0 Å². The summed E-state index contributed by atoms with van der Waals surface area (Å²) in [6.07, 6.45) is 0. The van der Waals surface area contributed by atoms with Gasteiger partial charge in [0.15, 0.2) is 0 Å². The third kappa shape index (κ3) is 3.55. The molecule has 1 N–H and O–H groups in total. The van der Waals surface area contributed by atoms with E-state index in [1.807, 2.05) is 18.2 Å². The molecule has 2 aromatic carbocycles. The minimum atomic E-state index is -3.53. The minimum absolute atomic E-state index is 0.310. The number of hydrazine groups is 1. The van der Waals surface area contributed by atoms with Gasteiger partial charge in [-0.25, -0.2) is 13.4 Å². The quantitative estimate of drug-likeness (QED) is 0.930. The molecule has 3 rings (SSSR count). The lowest BCUT2D eigenvalue weighted by molar-refractivity contribution is 0.178. The van der Waals surface area contributed by atoms with Crippen LogP contribution in [0.1, 0.15) is 0 Å². The monoisotopic (exact) mass is 331 g/mol. The summed E-state index contributed by atoms with van der Waals surface area (Å²) < 4.78 is 25.8. The van der Waals surface area contributed by atoms with Crippen molar-refractivity contribution < 1.29 is 8.42 Å². The predicted molar refractivity (Wildman–Crippen MR) is 91.0 cm³/mol.